The summed E-state index contributed by atoms with van der Waals surface area (Å²) in [5, 5.41) is 9.68. The monoisotopic (exact) mass is 236 g/mol. The van der Waals surface area contributed by atoms with Crippen LogP contribution in [0.1, 0.15) is 0 Å². The first-order valence-electron chi connectivity index (χ1n) is 3.63. The number of hydrogen-bond donors (Lipinski definition) is 1. The number of rotatable bonds is 2. The van der Waals surface area contributed by atoms with Crippen molar-refractivity contribution < 1.29 is 18.3 Å². The van der Waals surface area contributed by atoms with E-state index < -0.39 is 15.6 Å². The van der Waals surface area contributed by atoms with E-state index in [1.807, 2.05) is 0 Å². The Morgan fingerprint density at radius 3 is 2.43 bits per heavy atom. The Morgan fingerprint density at radius 2 is 2.00 bits per heavy atom. The summed E-state index contributed by atoms with van der Waals surface area (Å²) in [5.74, 6) is -0.377. The van der Waals surface area contributed by atoms with Crippen LogP contribution in [-0.2, 0) is 9.84 Å². The highest BCUT2D eigenvalue weighted by Gasteiger charge is 2.17. The molecule has 0 fully saturated rings. The van der Waals surface area contributed by atoms with Crippen LogP contribution in [-0.4, -0.2) is 26.9 Å². The second-order valence-corrected chi connectivity index (χ2v) is 5.15. The molecule has 0 unspecified atom stereocenters. The average Bonchev–Trinajstić information content (AvgIpc) is 2.06. The lowest BCUT2D eigenvalue weighted by atomic mass is 10.3. The average molecular weight is 237 g/mol. The number of phenols is 1. The lowest BCUT2D eigenvalue weighted by Crippen LogP contribution is -1.99. The zero-order valence-corrected chi connectivity index (χ0v) is 9.19. The number of hydrogen-bond acceptors (Lipinski definition) is 4. The van der Waals surface area contributed by atoms with Crippen molar-refractivity contribution in [1.82, 2.24) is 0 Å². The van der Waals surface area contributed by atoms with Gasteiger partial charge < -0.3 is 9.84 Å². The highest BCUT2D eigenvalue weighted by molar-refractivity contribution is 7.90. The van der Waals surface area contributed by atoms with Crippen molar-refractivity contribution in [2.45, 2.75) is 4.90 Å². The summed E-state index contributed by atoms with van der Waals surface area (Å²) in [5.41, 5.74) is 0. The van der Waals surface area contributed by atoms with E-state index in [4.69, 9.17) is 16.3 Å². The predicted molar refractivity (Wildman–Crippen MR) is 52.8 cm³/mol. The maximum absolute atomic E-state index is 11.2. The van der Waals surface area contributed by atoms with Crippen LogP contribution in [0.5, 0.6) is 11.5 Å². The molecule has 78 valence electrons. The molecule has 4 nitrogen and oxygen atoms in total. The van der Waals surface area contributed by atoms with Crippen molar-refractivity contribution in [3.8, 4) is 11.5 Å². The Kier molecular flexibility index (Phi) is 2.92. The second-order valence-electron chi connectivity index (χ2n) is 2.73. The Morgan fingerprint density at radius 1 is 1.43 bits per heavy atom. The smallest absolute Gasteiger partial charge is 0.179 e. The minimum absolute atomic E-state index is 0.0397. The van der Waals surface area contributed by atoms with Gasteiger partial charge in [0.2, 0.25) is 0 Å². The van der Waals surface area contributed by atoms with Crippen molar-refractivity contribution in [2.75, 3.05) is 13.4 Å². The van der Waals surface area contributed by atoms with Gasteiger partial charge in [-0.15, -0.1) is 0 Å². The Bertz CT molecular complexity index is 453. The molecule has 1 rings (SSSR count). The first-order chi connectivity index (χ1) is 6.36. The van der Waals surface area contributed by atoms with Crippen LogP contribution in [0.2, 0.25) is 5.02 Å². The molecule has 0 bridgehead atoms. The summed E-state index contributed by atoms with van der Waals surface area (Å²) in [6.45, 7) is 0. The highest BCUT2D eigenvalue weighted by atomic mass is 35.5. The van der Waals surface area contributed by atoms with Gasteiger partial charge in [0.1, 0.15) is 4.90 Å². The van der Waals surface area contributed by atoms with Gasteiger partial charge in [0.05, 0.1) is 7.11 Å². The van der Waals surface area contributed by atoms with E-state index in [1.54, 1.807) is 0 Å². The molecule has 1 aromatic carbocycles. The van der Waals surface area contributed by atoms with Gasteiger partial charge >= 0.3 is 0 Å². The maximum atomic E-state index is 11.2. The first kappa shape index (κ1) is 11.1. The second kappa shape index (κ2) is 3.67. The van der Waals surface area contributed by atoms with Crippen molar-refractivity contribution in [1.29, 1.82) is 0 Å². The quantitative estimate of drug-likeness (QED) is 0.844. The summed E-state index contributed by atoms with van der Waals surface area (Å²) >= 11 is 5.65. The van der Waals surface area contributed by atoms with E-state index in [0.29, 0.717) is 0 Å². The van der Waals surface area contributed by atoms with E-state index >= 15 is 0 Å². The lowest BCUT2D eigenvalue weighted by Gasteiger charge is -2.07. The molecule has 1 N–H and O–H groups in total. The summed E-state index contributed by atoms with van der Waals surface area (Å²) in [6.07, 6.45) is 0.984. The Labute approximate surface area is 87.0 Å². The molecule has 0 aromatic heterocycles. The lowest BCUT2D eigenvalue weighted by molar-refractivity contribution is 0.366. The van der Waals surface area contributed by atoms with Gasteiger partial charge in [-0.25, -0.2) is 8.42 Å². The maximum Gasteiger partial charge on any atom is 0.179 e. The summed E-state index contributed by atoms with van der Waals surface area (Å²) < 4.78 is 27.2. The third-order valence-electron chi connectivity index (χ3n) is 1.62. The number of phenolic OH excluding ortho intramolecular Hbond substituents is 1. The van der Waals surface area contributed by atoms with Crippen molar-refractivity contribution >= 4 is 21.4 Å². The molecule has 0 saturated heterocycles. The van der Waals surface area contributed by atoms with Gasteiger partial charge in [-0.05, 0) is 6.07 Å². The fraction of sp³-hybridized carbons (Fsp3) is 0.250. The normalized spacial score (nSPS) is 11.4. The molecule has 14 heavy (non-hydrogen) atoms. The van der Waals surface area contributed by atoms with Gasteiger partial charge in [-0.3, -0.25) is 0 Å². The van der Waals surface area contributed by atoms with Gasteiger partial charge in [0.15, 0.2) is 21.3 Å². The summed E-state index contributed by atoms with van der Waals surface area (Å²) in [7, 11) is -2.19. The molecule has 0 aliphatic carbocycles. The molecule has 0 saturated carbocycles. The van der Waals surface area contributed by atoms with E-state index in [-0.39, 0.29) is 15.7 Å². The van der Waals surface area contributed by atoms with Crippen LogP contribution in [0.15, 0.2) is 17.0 Å². The number of benzene rings is 1. The number of sulfone groups is 1. The Balaban J connectivity index is 3.53. The zero-order valence-electron chi connectivity index (χ0n) is 7.61. The van der Waals surface area contributed by atoms with Crippen LogP contribution in [0.3, 0.4) is 0 Å². The standard InChI is InChI=1S/C8H9ClO4S/c1-13-6-3-5(9)4-7(8(6)10)14(2,11)12/h3-4,10H,1-2H3. The van der Waals surface area contributed by atoms with Crippen LogP contribution in [0, 0.1) is 0 Å². The molecule has 0 spiro atoms. The molecule has 6 heteroatoms. The molecular formula is C8H9ClO4S. The minimum Gasteiger partial charge on any atom is -0.503 e. The van der Waals surface area contributed by atoms with Gasteiger partial charge in [0.25, 0.3) is 0 Å². The van der Waals surface area contributed by atoms with Crippen molar-refractivity contribution in [2.24, 2.45) is 0 Å². The molecule has 0 radical (unpaired) electrons. The number of methoxy groups -OCH3 is 1. The third kappa shape index (κ3) is 2.10. The molecular weight excluding hydrogens is 228 g/mol. The Hall–Kier alpha value is -0.940. The van der Waals surface area contributed by atoms with E-state index in [0.717, 1.165) is 6.26 Å². The fourth-order valence-corrected chi connectivity index (χ4v) is 2.05. The van der Waals surface area contributed by atoms with Gasteiger partial charge in [-0.2, -0.15) is 0 Å². The van der Waals surface area contributed by atoms with Crippen molar-refractivity contribution in [3.63, 3.8) is 0 Å². The largest absolute Gasteiger partial charge is 0.503 e. The van der Waals surface area contributed by atoms with Crippen molar-refractivity contribution in [3.05, 3.63) is 17.2 Å². The number of halogens is 1. The van der Waals surface area contributed by atoms with E-state index in [9.17, 15) is 13.5 Å². The molecule has 0 atom stereocenters. The summed E-state index contributed by atoms with van der Waals surface area (Å²) in [6, 6.07) is 2.51. The molecule has 1 aromatic rings. The predicted octanol–water partition coefficient (Wildman–Crippen LogP) is 1.46. The van der Waals surface area contributed by atoms with Crippen LogP contribution in [0.4, 0.5) is 0 Å². The molecule has 0 aliphatic heterocycles. The van der Waals surface area contributed by atoms with Crippen LogP contribution < -0.4 is 4.74 Å². The first-order valence-corrected chi connectivity index (χ1v) is 5.89. The molecule has 0 amide bonds. The minimum atomic E-state index is -3.50. The highest BCUT2D eigenvalue weighted by Crippen LogP contribution is 2.35. The zero-order chi connectivity index (χ0) is 10.9. The fourth-order valence-electron chi connectivity index (χ4n) is 0.989. The SMILES string of the molecule is COc1cc(Cl)cc(S(C)(=O)=O)c1O. The molecule has 0 heterocycles. The van der Waals surface area contributed by atoms with Gasteiger partial charge in [-0.1, -0.05) is 11.6 Å². The number of ether oxygens (including phenoxy) is 1. The third-order valence-corrected chi connectivity index (χ3v) is 2.95. The van der Waals surface area contributed by atoms with E-state index in [2.05, 4.69) is 0 Å². The number of aromatic hydroxyl groups is 1. The summed E-state index contributed by atoms with van der Waals surface area (Å²) in [4.78, 5) is -0.234. The van der Waals surface area contributed by atoms with E-state index in [1.165, 1.54) is 19.2 Å². The van der Waals surface area contributed by atoms with Gasteiger partial charge in [0, 0.05) is 17.3 Å². The van der Waals surface area contributed by atoms with Crippen LogP contribution >= 0.6 is 11.6 Å². The topological polar surface area (TPSA) is 63.6 Å². The van der Waals surface area contributed by atoms with Crippen LogP contribution in [0.25, 0.3) is 0 Å². The molecule has 0 aliphatic rings.